The summed E-state index contributed by atoms with van der Waals surface area (Å²) in [5.41, 5.74) is -0.556. The molecule has 1 rings (SSSR count). The summed E-state index contributed by atoms with van der Waals surface area (Å²) in [4.78, 5) is 38.2. The maximum Gasteiger partial charge on any atom is 0.410 e. The molecule has 0 aromatic rings. The topological polar surface area (TPSA) is 103 Å². The van der Waals surface area contributed by atoms with Crippen molar-refractivity contribution in [3.8, 4) is 0 Å². The lowest BCUT2D eigenvalue weighted by molar-refractivity contribution is -0.143. The van der Waals surface area contributed by atoms with Gasteiger partial charge in [-0.25, -0.2) is 14.4 Å². The average Bonchev–Trinajstić information content (AvgIpc) is 2.62. The number of likely N-dealkylation sites (tertiary alicyclic amines) is 1. The Hall–Kier alpha value is -1.81. The summed E-state index contributed by atoms with van der Waals surface area (Å²) in [6.07, 6.45) is -0.432. The molecule has 0 radical (unpaired) electrons. The molecule has 0 aromatic carbocycles. The number of hydrogen-bond acceptors (Lipinski definition) is 7. The van der Waals surface area contributed by atoms with Crippen LogP contribution in [-0.4, -0.2) is 75.9 Å². The number of esters is 1. The van der Waals surface area contributed by atoms with Gasteiger partial charge in [0.25, 0.3) is 0 Å². The first-order chi connectivity index (χ1) is 14.1. The van der Waals surface area contributed by atoms with Crippen molar-refractivity contribution in [2.24, 2.45) is 0 Å². The summed E-state index contributed by atoms with van der Waals surface area (Å²) in [5, 5.41) is 2.53. The highest BCUT2D eigenvalue weighted by Gasteiger charge is 2.39. The van der Waals surface area contributed by atoms with Crippen LogP contribution in [0, 0.1) is 0 Å². The van der Waals surface area contributed by atoms with E-state index in [0.717, 1.165) is 0 Å². The molecule has 1 heterocycles. The highest BCUT2D eigenvalue weighted by atomic mass is 28.4. The molecule has 0 bridgehead atoms. The molecule has 31 heavy (non-hydrogen) atoms. The van der Waals surface area contributed by atoms with E-state index in [0.29, 0.717) is 25.9 Å². The van der Waals surface area contributed by atoms with Gasteiger partial charge in [-0.1, -0.05) is 20.8 Å². The number of nitrogens with zero attached hydrogens (tertiary/aromatic N) is 1. The van der Waals surface area contributed by atoms with Crippen molar-refractivity contribution in [3.05, 3.63) is 0 Å². The average molecular weight is 461 g/mol. The predicted octanol–water partition coefficient (Wildman–Crippen LogP) is 3.68. The lowest BCUT2D eigenvalue weighted by atomic mass is 10.1. The number of amides is 2. The van der Waals surface area contributed by atoms with Gasteiger partial charge in [0, 0.05) is 25.9 Å². The third-order valence-electron chi connectivity index (χ3n) is 5.56. The Morgan fingerprint density at radius 1 is 1.06 bits per heavy atom. The van der Waals surface area contributed by atoms with Crippen LogP contribution in [0.3, 0.4) is 0 Å². The Bertz CT molecular complexity index is 633. The molecule has 1 saturated heterocycles. The fourth-order valence-electron chi connectivity index (χ4n) is 2.63. The molecule has 1 aliphatic rings. The van der Waals surface area contributed by atoms with E-state index in [9.17, 15) is 14.4 Å². The van der Waals surface area contributed by atoms with Gasteiger partial charge in [0.2, 0.25) is 0 Å². The van der Waals surface area contributed by atoms with E-state index in [1.54, 1.807) is 4.90 Å². The standard InChI is InChI=1S/C21H40N2O7Si/c1-20(2,3)30-19(26)23-12-10-15(11-13-23)29-18(25)22-16(17(24)27-7)14-28-31(8,9)21(4,5)6/h15-16H,10-14H2,1-9H3,(H,22,25)/t16-/m0/s1. The minimum Gasteiger partial charge on any atom is -0.467 e. The number of piperidine rings is 1. The lowest BCUT2D eigenvalue weighted by Gasteiger charge is -2.37. The Kier molecular flexibility index (Phi) is 9.37. The summed E-state index contributed by atoms with van der Waals surface area (Å²) in [6.45, 7) is 16.8. The number of hydrogen-bond donors (Lipinski definition) is 1. The number of nitrogens with one attached hydrogen (secondary N) is 1. The zero-order valence-electron chi connectivity index (χ0n) is 20.5. The van der Waals surface area contributed by atoms with Gasteiger partial charge >= 0.3 is 18.2 Å². The maximum atomic E-state index is 12.4. The molecule has 1 fully saturated rings. The van der Waals surface area contributed by atoms with E-state index in [2.05, 4.69) is 39.2 Å². The van der Waals surface area contributed by atoms with Crippen LogP contribution >= 0.6 is 0 Å². The molecule has 0 spiro atoms. The van der Waals surface area contributed by atoms with E-state index in [1.807, 2.05) is 20.8 Å². The highest BCUT2D eigenvalue weighted by Crippen LogP contribution is 2.36. The number of methoxy groups -OCH3 is 1. The number of alkyl carbamates (subject to hydrolysis) is 1. The molecule has 0 aromatic heterocycles. The molecule has 1 aliphatic heterocycles. The van der Waals surface area contributed by atoms with Gasteiger partial charge in [0.1, 0.15) is 11.7 Å². The van der Waals surface area contributed by atoms with Crippen LogP contribution in [0.15, 0.2) is 0 Å². The molecule has 1 atom stereocenters. The summed E-state index contributed by atoms with van der Waals surface area (Å²) in [5.74, 6) is -0.588. The van der Waals surface area contributed by atoms with Crippen molar-refractivity contribution in [2.75, 3.05) is 26.8 Å². The first kappa shape index (κ1) is 27.2. The first-order valence-electron chi connectivity index (χ1n) is 10.7. The van der Waals surface area contributed by atoms with Crippen LogP contribution in [0.1, 0.15) is 54.4 Å². The molecule has 180 valence electrons. The molecule has 9 nitrogen and oxygen atoms in total. The Labute approximate surface area is 187 Å². The Morgan fingerprint density at radius 3 is 2.06 bits per heavy atom. The minimum absolute atomic E-state index is 0.0232. The third-order valence-corrected chi connectivity index (χ3v) is 10.1. The van der Waals surface area contributed by atoms with Crippen molar-refractivity contribution >= 4 is 26.5 Å². The van der Waals surface area contributed by atoms with Crippen LogP contribution in [0.5, 0.6) is 0 Å². The molecular weight excluding hydrogens is 420 g/mol. The highest BCUT2D eigenvalue weighted by molar-refractivity contribution is 6.74. The van der Waals surface area contributed by atoms with Crippen molar-refractivity contribution in [1.82, 2.24) is 10.2 Å². The molecule has 1 N–H and O–H groups in total. The van der Waals surface area contributed by atoms with E-state index in [1.165, 1.54) is 7.11 Å². The SMILES string of the molecule is COC(=O)[C@H](CO[Si](C)(C)C(C)(C)C)NC(=O)OC1CCN(C(=O)OC(C)(C)C)CC1. The summed E-state index contributed by atoms with van der Waals surface area (Å²) in [6, 6.07) is -0.950. The molecule has 10 heteroatoms. The van der Waals surface area contributed by atoms with Gasteiger partial charge in [-0.2, -0.15) is 0 Å². The Morgan fingerprint density at radius 2 is 1.61 bits per heavy atom. The molecule has 0 aliphatic carbocycles. The van der Waals surface area contributed by atoms with E-state index in [-0.39, 0.29) is 23.8 Å². The van der Waals surface area contributed by atoms with Crippen LogP contribution in [0.25, 0.3) is 0 Å². The summed E-state index contributed by atoms with van der Waals surface area (Å²) >= 11 is 0. The van der Waals surface area contributed by atoms with E-state index >= 15 is 0 Å². The molecule has 0 saturated carbocycles. The largest absolute Gasteiger partial charge is 0.467 e. The van der Waals surface area contributed by atoms with E-state index < -0.39 is 32.0 Å². The van der Waals surface area contributed by atoms with Gasteiger partial charge in [-0.3, -0.25) is 0 Å². The normalized spacial score (nSPS) is 17.0. The van der Waals surface area contributed by atoms with Crippen molar-refractivity contribution in [3.63, 3.8) is 0 Å². The van der Waals surface area contributed by atoms with Crippen molar-refractivity contribution in [1.29, 1.82) is 0 Å². The number of carbonyl (C=O) groups excluding carboxylic acids is 3. The third kappa shape index (κ3) is 9.06. The smallest absolute Gasteiger partial charge is 0.410 e. The van der Waals surface area contributed by atoms with Gasteiger partial charge in [0.05, 0.1) is 13.7 Å². The van der Waals surface area contributed by atoms with Crippen LogP contribution in [0.4, 0.5) is 9.59 Å². The second-order valence-electron chi connectivity index (χ2n) is 10.4. The molecule has 0 unspecified atom stereocenters. The second kappa shape index (κ2) is 10.7. The monoisotopic (exact) mass is 460 g/mol. The molecule has 2 amide bonds. The van der Waals surface area contributed by atoms with E-state index in [4.69, 9.17) is 18.6 Å². The minimum atomic E-state index is -2.10. The zero-order valence-corrected chi connectivity index (χ0v) is 21.5. The fraction of sp³-hybridized carbons (Fsp3) is 0.857. The quantitative estimate of drug-likeness (QED) is 0.366. The first-order valence-corrected chi connectivity index (χ1v) is 13.6. The number of ether oxygens (including phenoxy) is 3. The van der Waals surface area contributed by atoms with Gasteiger partial charge in [0.15, 0.2) is 14.4 Å². The molecular formula is C21H40N2O7Si. The number of carbonyl (C=O) groups is 3. The lowest BCUT2D eigenvalue weighted by Crippen LogP contribution is -2.50. The zero-order chi connectivity index (χ0) is 24.0. The van der Waals surface area contributed by atoms with Crippen LogP contribution in [0.2, 0.25) is 18.1 Å². The van der Waals surface area contributed by atoms with Gasteiger partial charge in [-0.05, 0) is 38.9 Å². The second-order valence-corrected chi connectivity index (χ2v) is 15.2. The van der Waals surface area contributed by atoms with Crippen LogP contribution in [-0.2, 0) is 23.4 Å². The Balaban J connectivity index is 2.56. The van der Waals surface area contributed by atoms with Crippen LogP contribution < -0.4 is 5.32 Å². The summed E-state index contributed by atoms with van der Waals surface area (Å²) in [7, 11) is -0.840. The van der Waals surface area contributed by atoms with Gasteiger partial charge in [-0.15, -0.1) is 0 Å². The predicted molar refractivity (Wildman–Crippen MR) is 119 cm³/mol. The van der Waals surface area contributed by atoms with Crippen molar-refractivity contribution in [2.45, 2.75) is 90.3 Å². The van der Waals surface area contributed by atoms with Crippen molar-refractivity contribution < 1.29 is 33.0 Å². The maximum absolute atomic E-state index is 12.4. The van der Waals surface area contributed by atoms with Gasteiger partial charge < -0.3 is 28.9 Å². The summed E-state index contributed by atoms with van der Waals surface area (Å²) < 4.78 is 21.7. The number of rotatable bonds is 6. The fourth-order valence-corrected chi connectivity index (χ4v) is 3.65.